The van der Waals surface area contributed by atoms with Crippen LogP contribution in [0.4, 0.5) is 0 Å². The second-order valence-corrected chi connectivity index (χ2v) is 5.81. The molecule has 0 aromatic heterocycles. The minimum absolute atomic E-state index is 0.331. The molecule has 1 heterocycles. The van der Waals surface area contributed by atoms with Crippen LogP contribution in [0.3, 0.4) is 0 Å². The zero-order chi connectivity index (χ0) is 13.9. The smallest absolute Gasteiger partial charge is 0.0645 e. The lowest BCUT2D eigenvalue weighted by Gasteiger charge is -2.22. The van der Waals surface area contributed by atoms with Gasteiger partial charge in [0.15, 0.2) is 0 Å². The van der Waals surface area contributed by atoms with E-state index in [0.717, 1.165) is 25.8 Å². The summed E-state index contributed by atoms with van der Waals surface area (Å²) in [5.74, 6) is 0.434. The molecule has 0 spiro atoms. The number of benzene rings is 2. The van der Waals surface area contributed by atoms with Crippen LogP contribution in [0, 0.1) is 0 Å². The first-order valence-corrected chi connectivity index (χ1v) is 7.63. The van der Waals surface area contributed by atoms with Gasteiger partial charge >= 0.3 is 0 Å². The first-order valence-electron chi connectivity index (χ1n) is 7.63. The molecule has 1 saturated heterocycles. The quantitative estimate of drug-likeness (QED) is 0.915. The highest BCUT2D eigenvalue weighted by Gasteiger charge is 2.30. The van der Waals surface area contributed by atoms with E-state index in [0.29, 0.717) is 18.1 Å². The number of ether oxygens (including phenoxy) is 1. The van der Waals surface area contributed by atoms with Gasteiger partial charge in [-0.2, -0.15) is 0 Å². The molecule has 2 nitrogen and oxygen atoms in total. The zero-order valence-corrected chi connectivity index (χ0v) is 12.1. The number of nitrogens with two attached hydrogens (primary N) is 1. The van der Waals surface area contributed by atoms with Crippen LogP contribution in [-0.2, 0) is 4.74 Å². The monoisotopic (exact) mass is 269 g/mol. The van der Waals surface area contributed by atoms with Crippen molar-refractivity contribution in [3.8, 4) is 0 Å². The molecule has 106 valence electrons. The highest BCUT2D eigenvalue weighted by molar-refractivity contribution is 5.86. The lowest BCUT2D eigenvalue weighted by atomic mass is 9.89. The SMILES string of the molecule is CC(c1cccc2ccccc12)C1CCC(CCN)O1. The van der Waals surface area contributed by atoms with Crippen LogP contribution in [0.5, 0.6) is 0 Å². The van der Waals surface area contributed by atoms with E-state index < -0.39 is 0 Å². The minimum atomic E-state index is 0.331. The lowest BCUT2D eigenvalue weighted by molar-refractivity contribution is 0.0300. The fourth-order valence-electron chi connectivity index (χ4n) is 3.35. The second kappa shape index (κ2) is 5.94. The Hall–Kier alpha value is -1.38. The summed E-state index contributed by atoms with van der Waals surface area (Å²) in [5.41, 5.74) is 7.04. The van der Waals surface area contributed by atoms with Crippen molar-refractivity contribution in [1.29, 1.82) is 0 Å². The van der Waals surface area contributed by atoms with Crippen molar-refractivity contribution < 1.29 is 4.74 Å². The summed E-state index contributed by atoms with van der Waals surface area (Å²) in [6.45, 7) is 3.01. The van der Waals surface area contributed by atoms with Crippen LogP contribution in [0.15, 0.2) is 42.5 Å². The Bertz CT molecular complexity index is 575. The minimum Gasteiger partial charge on any atom is -0.374 e. The molecule has 1 fully saturated rings. The molecule has 2 N–H and O–H groups in total. The fourth-order valence-corrected chi connectivity index (χ4v) is 3.35. The standard InChI is InChI=1S/C18H23NO/c1-13(18-10-9-15(20-18)11-12-19)16-8-4-6-14-5-2-3-7-17(14)16/h2-8,13,15,18H,9-12,19H2,1H3. The summed E-state index contributed by atoms with van der Waals surface area (Å²) in [5, 5.41) is 2.67. The molecule has 3 atom stereocenters. The van der Waals surface area contributed by atoms with Crippen LogP contribution in [-0.4, -0.2) is 18.8 Å². The normalized spacial score (nSPS) is 24.1. The second-order valence-electron chi connectivity index (χ2n) is 5.81. The van der Waals surface area contributed by atoms with Crippen molar-refractivity contribution in [1.82, 2.24) is 0 Å². The lowest BCUT2D eigenvalue weighted by Crippen LogP contribution is -2.19. The third kappa shape index (κ3) is 2.58. The predicted molar refractivity (Wildman–Crippen MR) is 83.9 cm³/mol. The van der Waals surface area contributed by atoms with Crippen molar-refractivity contribution in [3.05, 3.63) is 48.0 Å². The molecule has 2 aromatic rings. The van der Waals surface area contributed by atoms with Crippen LogP contribution >= 0.6 is 0 Å². The fraction of sp³-hybridized carbons (Fsp3) is 0.444. The van der Waals surface area contributed by atoms with Gasteiger partial charge in [0.05, 0.1) is 12.2 Å². The molecule has 0 bridgehead atoms. The molecule has 0 radical (unpaired) electrons. The van der Waals surface area contributed by atoms with Gasteiger partial charge in [-0.1, -0.05) is 49.4 Å². The highest BCUT2D eigenvalue weighted by atomic mass is 16.5. The molecule has 3 unspecified atom stereocenters. The Morgan fingerprint density at radius 2 is 1.95 bits per heavy atom. The van der Waals surface area contributed by atoms with Gasteiger partial charge in [-0.3, -0.25) is 0 Å². The molecule has 3 rings (SSSR count). The van der Waals surface area contributed by atoms with Crippen LogP contribution in [0.2, 0.25) is 0 Å². The van der Waals surface area contributed by atoms with Crippen molar-refractivity contribution in [2.24, 2.45) is 5.73 Å². The maximum Gasteiger partial charge on any atom is 0.0645 e. The average molecular weight is 269 g/mol. The van der Waals surface area contributed by atoms with Crippen molar-refractivity contribution in [3.63, 3.8) is 0 Å². The molecule has 1 aliphatic rings. The number of hydrogen-bond acceptors (Lipinski definition) is 2. The van der Waals surface area contributed by atoms with E-state index in [4.69, 9.17) is 10.5 Å². The molecule has 0 aliphatic carbocycles. The van der Waals surface area contributed by atoms with Gasteiger partial charge in [0.2, 0.25) is 0 Å². The first-order chi connectivity index (χ1) is 9.79. The molecular formula is C18H23NO. The molecule has 0 amide bonds. The van der Waals surface area contributed by atoms with E-state index in [9.17, 15) is 0 Å². The van der Waals surface area contributed by atoms with Crippen LogP contribution in [0.25, 0.3) is 10.8 Å². The Balaban J connectivity index is 1.84. The van der Waals surface area contributed by atoms with Crippen LogP contribution in [0.1, 0.15) is 37.7 Å². The largest absolute Gasteiger partial charge is 0.374 e. The zero-order valence-electron chi connectivity index (χ0n) is 12.1. The highest BCUT2D eigenvalue weighted by Crippen LogP contribution is 2.35. The topological polar surface area (TPSA) is 35.2 Å². The molecule has 0 saturated carbocycles. The molecular weight excluding hydrogens is 246 g/mol. The van der Waals surface area contributed by atoms with Crippen molar-refractivity contribution in [2.45, 2.75) is 44.3 Å². The third-order valence-electron chi connectivity index (χ3n) is 4.50. The Morgan fingerprint density at radius 3 is 2.80 bits per heavy atom. The van der Waals surface area contributed by atoms with Gasteiger partial charge < -0.3 is 10.5 Å². The Kier molecular flexibility index (Phi) is 4.04. The van der Waals surface area contributed by atoms with E-state index in [1.807, 2.05) is 0 Å². The maximum absolute atomic E-state index is 6.19. The number of hydrogen-bond donors (Lipinski definition) is 1. The third-order valence-corrected chi connectivity index (χ3v) is 4.50. The summed E-state index contributed by atoms with van der Waals surface area (Å²) in [6, 6.07) is 15.2. The first kappa shape index (κ1) is 13.6. The van der Waals surface area contributed by atoms with E-state index in [-0.39, 0.29) is 0 Å². The van der Waals surface area contributed by atoms with Gasteiger partial charge in [0.25, 0.3) is 0 Å². The van der Waals surface area contributed by atoms with E-state index >= 15 is 0 Å². The summed E-state index contributed by atoms with van der Waals surface area (Å²) < 4.78 is 6.19. The Morgan fingerprint density at radius 1 is 1.15 bits per heavy atom. The van der Waals surface area contributed by atoms with E-state index in [1.165, 1.54) is 16.3 Å². The van der Waals surface area contributed by atoms with Gasteiger partial charge in [0, 0.05) is 5.92 Å². The predicted octanol–water partition coefficient (Wildman–Crippen LogP) is 3.84. The maximum atomic E-state index is 6.19. The summed E-state index contributed by atoms with van der Waals surface area (Å²) in [6.07, 6.45) is 3.98. The molecule has 20 heavy (non-hydrogen) atoms. The Labute approximate surface area is 120 Å². The average Bonchev–Trinajstić information content (AvgIpc) is 2.95. The van der Waals surface area contributed by atoms with Crippen LogP contribution < -0.4 is 5.73 Å². The van der Waals surface area contributed by atoms with E-state index in [2.05, 4.69) is 49.4 Å². The summed E-state index contributed by atoms with van der Waals surface area (Å²) >= 11 is 0. The molecule has 1 aliphatic heterocycles. The van der Waals surface area contributed by atoms with Gasteiger partial charge in [-0.15, -0.1) is 0 Å². The van der Waals surface area contributed by atoms with Crippen molar-refractivity contribution in [2.75, 3.05) is 6.54 Å². The molecule has 2 aromatic carbocycles. The van der Waals surface area contributed by atoms with Crippen molar-refractivity contribution >= 4 is 10.8 Å². The van der Waals surface area contributed by atoms with E-state index in [1.54, 1.807) is 0 Å². The molecule has 2 heteroatoms. The van der Waals surface area contributed by atoms with Gasteiger partial charge in [-0.25, -0.2) is 0 Å². The number of rotatable bonds is 4. The van der Waals surface area contributed by atoms with Gasteiger partial charge in [0.1, 0.15) is 0 Å². The summed E-state index contributed by atoms with van der Waals surface area (Å²) in [4.78, 5) is 0. The number of fused-ring (bicyclic) bond motifs is 1. The van der Waals surface area contributed by atoms with Gasteiger partial charge in [-0.05, 0) is 42.1 Å². The summed E-state index contributed by atoms with van der Waals surface area (Å²) in [7, 11) is 0.